The van der Waals surface area contributed by atoms with E-state index in [1.54, 1.807) is 0 Å². The minimum absolute atomic E-state index is 0.0356. The van der Waals surface area contributed by atoms with Gasteiger partial charge in [0, 0.05) is 13.8 Å². The Labute approximate surface area is 67.8 Å². The molecule has 0 amide bonds. The van der Waals surface area contributed by atoms with Gasteiger partial charge >= 0.3 is 0 Å². The van der Waals surface area contributed by atoms with E-state index in [9.17, 15) is 13.6 Å². The first kappa shape index (κ1) is 8.83. The van der Waals surface area contributed by atoms with E-state index in [4.69, 9.17) is 0 Å². The van der Waals surface area contributed by atoms with Crippen molar-refractivity contribution in [3.8, 4) is 0 Å². The minimum Gasteiger partial charge on any atom is -0.334 e. The van der Waals surface area contributed by atoms with Crippen LogP contribution in [0.15, 0.2) is 6.20 Å². The fourth-order valence-electron chi connectivity index (χ4n) is 0.723. The van der Waals surface area contributed by atoms with Crippen molar-refractivity contribution in [1.29, 1.82) is 0 Å². The van der Waals surface area contributed by atoms with Crippen molar-refractivity contribution in [2.24, 2.45) is 0 Å². The lowest BCUT2D eigenvalue weighted by molar-refractivity contribution is 0.0131. The second-order valence-corrected chi connectivity index (χ2v) is 2.59. The molecule has 1 aromatic heterocycles. The van der Waals surface area contributed by atoms with Gasteiger partial charge in [-0.1, -0.05) is 0 Å². The molecule has 1 rings (SSSR count). The van der Waals surface area contributed by atoms with Crippen LogP contribution in [0.5, 0.6) is 0 Å². The van der Waals surface area contributed by atoms with Gasteiger partial charge in [-0.2, -0.15) is 8.78 Å². The molecular weight excluding hydrogens is 166 g/mol. The maximum absolute atomic E-state index is 12.5. The number of nitrogens with zero attached hydrogens (tertiary/aromatic N) is 1. The van der Waals surface area contributed by atoms with Crippen LogP contribution in [0.4, 0.5) is 8.78 Å². The molecule has 0 saturated carbocycles. The first-order valence-electron chi connectivity index (χ1n) is 3.35. The summed E-state index contributed by atoms with van der Waals surface area (Å²) in [6.07, 6.45) is 0.969. The van der Waals surface area contributed by atoms with E-state index in [-0.39, 0.29) is 17.3 Å². The third-order valence-corrected chi connectivity index (χ3v) is 1.38. The van der Waals surface area contributed by atoms with Gasteiger partial charge in [-0.25, -0.2) is 4.98 Å². The van der Waals surface area contributed by atoms with Gasteiger partial charge in [-0.3, -0.25) is 4.79 Å². The zero-order valence-corrected chi connectivity index (χ0v) is 6.69. The van der Waals surface area contributed by atoms with Gasteiger partial charge in [0.25, 0.3) is 5.92 Å². The van der Waals surface area contributed by atoms with Crippen molar-refractivity contribution in [2.45, 2.75) is 19.8 Å². The first-order valence-corrected chi connectivity index (χ1v) is 3.35. The summed E-state index contributed by atoms with van der Waals surface area (Å²) in [6, 6.07) is 0. The predicted molar refractivity (Wildman–Crippen MR) is 38.2 cm³/mol. The van der Waals surface area contributed by atoms with Crippen LogP contribution in [0.2, 0.25) is 0 Å². The number of H-pyrrole nitrogens is 1. The summed E-state index contributed by atoms with van der Waals surface area (Å²) < 4.78 is 25.1. The Balaban J connectivity index is 3.00. The van der Waals surface area contributed by atoms with Gasteiger partial charge in [0.2, 0.25) is 0 Å². The predicted octanol–water partition coefficient (Wildman–Crippen LogP) is 1.72. The zero-order chi connectivity index (χ0) is 9.35. The summed E-state index contributed by atoms with van der Waals surface area (Å²) in [4.78, 5) is 16.4. The summed E-state index contributed by atoms with van der Waals surface area (Å²) in [7, 11) is 0. The highest BCUT2D eigenvalue weighted by Crippen LogP contribution is 2.24. The molecule has 5 heteroatoms. The van der Waals surface area contributed by atoms with Crippen LogP contribution in [-0.2, 0) is 5.92 Å². The number of aromatic amines is 1. The highest BCUT2D eigenvalue weighted by atomic mass is 19.3. The van der Waals surface area contributed by atoms with Crippen molar-refractivity contribution in [3.63, 3.8) is 0 Å². The molecular formula is C7H8F2N2O. The normalized spacial score (nSPS) is 11.7. The molecule has 0 bridgehead atoms. The van der Waals surface area contributed by atoms with Crippen molar-refractivity contribution in [2.75, 3.05) is 0 Å². The number of nitrogens with one attached hydrogen (secondary N) is 1. The van der Waals surface area contributed by atoms with E-state index >= 15 is 0 Å². The van der Waals surface area contributed by atoms with Crippen molar-refractivity contribution >= 4 is 5.78 Å². The lowest BCUT2D eigenvalue weighted by Crippen LogP contribution is -2.07. The topological polar surface area (TPSA) is 45.8 Å². The number of Topliss-reactive ketones (excluding diaryl/α,β-unsaturated/α-hetero) is 1. The van der Waals surface area contributed by atoms with Gasteiger partial charge in [0.05, 0.1) is 6.20 Å². The molecule has 0 radical (unpaired) electrons. The number of hydrogen-bond acceptors (Lipinski definition) is 2. The van der Waals surface area contributed by atoms with Gasteiger partial charge in [0.1, 0.15) is 5.69 Å². The highest BCUT2D eigenvalue weighted by Gasteiger charge is 2.27. The number of rotatable bonds is 2. The summed E-state index contributed by atoms with van der Waals surface area (Å²) >= 11 is 0. The Kier molecular flexibility index (Phi) is 1.95. The maximum atomic E-state index is 12.5. The zero-order valence-electron chi connectivity index (χ0n) is 6.69. The first-order chi connectivity index (χ1) is 5.41. The fourth-order valence-corrected chi connectivity index (χ4v) is 0.723. The average molecular weight is 174 g/mol. The monoisotopic (exact) mass is 174 g/mol. The highest BCUT2D eigenvalue weighted by molar-refractivity contribution is 5.90. The molecule has 0 atom stereocenters. The lowest BCUT2D eigenvalue weighted by atomic mass is 10.3. The largest absolute Gasteiger partial charge is 0.334 e. The molecule has 1 N–H and O–H groups in total. The third kappa shape index (κ3) is 1.66. The summed E-state index contributed by atoms with van der Waals surface area (Å²) in [5, 5.41) is 0. The van der Waals surface area contributed by atoms with Crippen LogP contribution in [-0.4, -0.2) is 15.8 Å². The van der Waals surface area contributed by atoms with Crippen LogP contribution < -0.4 is 0 Å². The molecule has 66 valence electrons. The second kappa shape index (κ2) is 2.66. The van der Waals surface area contributed by atoms with Gasteiger partial charge < -0.3 is 4.98 Å². The maximum Gasteiger partial charge on any atom is 0.286 e. The molecule has 12 heavy (non-hydrogen) atoms. The molecule has 0 aliphatic rings. The van der Waals surface area contributed by atoms with E-state index in [2.05, 4.69) is 9.97 Å². The number of ketones is 1. The van der Waals surface area contributed by atoms with Crippen molar-refractivity contribution in [3.05, 3.63) is 17.7 Å². The third-order valence-electron chi connectivity index (χ3n) is 1.38. The van der Waals surface area contributed by atoms with Crippen LogP contribution in [0.3, 0.4) is 0 Å². The van der Waals surface area contributed by atoms with E-state index in [0.29, 0.717) is 0 Å². The van der Waals surface area contributed by atoms with Crippen molar-refractivity contribution < 1.29 is 13.6 Å². The Hall–Kier alpha value is -1.26. The molecule has 0 aromatic carbocycles. The number of aromatic nitrogens is 2. The average Bonchev–Trinajstić information content (AvgIpc) is 2.30. The number of halogens is 2. The molecule has 0 spiro atoms. The molecule has 0 saturated heterocycles. The molecule has 1 heterocycles. The Morgan fingerprint density at radius 3 is 2.50 bits per heavy atom. The standard InChI is InChI=1S/C7H8F2N2O/c1-4(12)6-10-3-5(11-6)7(2,8)9/h3H,1-2H3,(H,10,11). The summed E-state index contributed by atoms with van der Waals surface area (Å²) in [5.41, 5.74) is -0.340. The van der Waals surface area contributed by atoms with E-state index in [1.165, 1.54) is 6.92 Å². The molecule has 0 aliphatic heterocycles. The number of carbonyl (C=O) groups excluding carboxylic acids is 1. The SMILES string of the molecule is CC(=O)c1ncc(C(C)(F)F)[nH]1. The van der Waals surface area contributed by atoms with Crippen molar-refractivity contribution in [1.82, 2.24) is 9.97 Å². The summed E-state index contributed by atoms with van der Waals surface area (Å²) in [6.45, 7) is 2.00. The molecule has 0 fully saturated rings. The van der Waals surface area contributed by atoms with Crippen LogP contribution in [0.25, 0.3) is 0 Å². The summed E-state index contributed by atoms with van der Waals surface area (Å²) in [5.74, 6) is -3.36. The molecule has 0 unspecified atom stereocenters. The quantitative estimate of drug-likeness (QED) is 0.694. The molecule has 1 aromatic rings. The Bertz CT molecular complexity index is 301. The number of hydrogen-bond donors (Lipinski definition) is 1. The van der Waals surface area contributed by atoms with Gasteiger partial charge in [-0.15, -0.1) is 0 Å². The van der Waals surface area contributed by atoms with Gasteiger partial charge in [-0.05, 0) is 0 Å². The van der Waals surface area contributed by atoms with E-state index in [0.717, 1.165) is 13.1 Å². The van der Waals surface area contributed by atoms with E-state index < -0.39 is 5.92 Å². The lowest BCUT2D eigenvalue weighted by Gasteiger charge is -2.05. The van der Waals surface area contributed by atoms with Gasteiger partial charge in [0.15, 0.2) is 11.6 Å². The Morgan fingerprint density at radius 1 is 1.67 bits per heavy atom. The molecule has 3 nitrogen and oxygen atoms in total. The smallest absolute Gasteiger partial charge is 0.286 e. The number of imidazole rings is 1. The second-order valence-electron chi connectivity index (χ2n) is 2.59. The fraction of sp³-hybridized carbons (Fsp3) is 0.429. The number of alkyl halides is 2. The molecule has 0 aliphatic carbocycles. The Morgan fingerprint density at radius 2 is 2.25 bits per heavy atom. The minimum atomic E-state index is -2.97. The van der Waals surface area contributed by atoms with Crippen LogP contribution >= 0.6 is 0 Å². The van der Waals surface area contributed by atoms with E-state index in [1.807, 2.05) is 0 Å². The number of carbonyl (C=O) groups is 1. The van der Waals surface area contributed by atoms with Crippen LogP contribution in [0.1, 0.15) is 30.2 Å². The van der Waals surface area contributed by atoms with Crippen LogP contribution in [0, 0.1) is 0 Å².